The van der Waals surface area contributed by atoms with Crippen molar-refractivity contribution in [3.63, 3.8) is 0 Å². The van der Waals surface area contributed by atoms with Crippen molar-refractivity contribution in [1.29, 1.82) is 5.26 Å². The number of nitrogens with zero attached hydrogens (tertiary/aromatic N) is 1. The molecule has 0 saturated carbocycles. The average molecular weight is 238 g/mol. The SMILES string of the molecule is Cc1cc(Oc2cccc(N)c2C)ccc1C#N. The molecule has 3 heteroatoms. The lowest BCUT2D eigenvalue weighted by Gasteiger charge is -2.11. The molecule has 18 heavy (non-hydrogen) atoms. The van der Waals surface area contributed by atoms with E-state index in [2.05, 4.69) is 6.07 Å². The summed E-state index contributed by atoms with van der Waals surface area (Å²) in [7, 11) is 0. The third-order valence-corrected chi connectivity index (χ3v) is 2.87. The smallest absolute Gasteiger partial charge is 0.132 e. The van der Waals surface area contributed by atoms with Crippen LogP contribution in [-0.2, 0) is 0 Å². The van der Waals surface area contributed by atoms with Gasteiger partial charge in [-0.25, -0.2) is 0 Å². The predicted octanol–water partition coefficient (Wildman–Crippen LogP) is 3.55. The summed E-state index contributed by atoms with van der Waals surface area (Å²) in [6.07, 6.45) is 0. The van der Waals surface area contributed by atoms with E-state index in [1.165, 1.54) is 0 Å². The second-order valence-corrected chi connectivity index (χ2v) is 4.16. The molecule has 3 nitrogen and oxygen atoms in total. The van der Waals surface area contributed by atoms with Gasteiger partial charge in [-0.1, -0.05) is 6.07 Å². The van der Waals surface area contributed by atoms with E-state index in [4.69, 9.17) is 15.7 Å². The molecule has 90 valence electrons. The first-order valence-electron chi connectivity index (χ1n) is 5.65. The monoisotopic (exact) mass is 238 g/mol. The minimum absolute atomic E-state index is 0.659. The number of benzene rings is 2. The van der Waals surface area contributed by atoms with Gasteiger partial charge in [-0.05, 0) is 49.7 Å². The summed E-state index contributed by atoms with van der Waals surface area (Å²) in [4.78, 5) is 0. The van der Waals surface area contributed by atoms with Crippen LogP contribution in [0.5, 0.6) is 11.5 Å². The number of rotatable bonds is 2. The molecule has 0 amide bonds. The highest BCUT2D eigenvalue weighted by Gasteiger charge is 2.05. The quantitative estimate of drug-likeness (QED) is 0.814. The molecule has 0 saturated heterocycles. The Balaban J connectivity index is 2.32. The molecule has 2 rings (SSSR count). The van der Waals surface area contributed by atoms with Gasteiger partial charge in [0.2, 0.25) is 0 Å². The molecule has 0 aliphatic carbocycles. The van der Waals surface area contributed by atoms with E-state index in [0.717, 1.165) is 16.9 Å². The van der Waals surface area contributed by atoms with E-state index in [9.17, 15) is 0 Å². The van der Waals surface area contributed by atoms with Gasteiger partial charge in [-0.2, -0.15) is 5.26 Å². The van der Waals surface area contributed by atoms with Crippen LogP contribution in [0.3, 0.4) is 0 Å². The Bertz CT molecular complexity index is 627. The van der Waals surface area contributed by atoms with Crippen LogP contribution >= 0.6 is 0 Å². The maximum Gasteiger partial charge on any atom is 0.132 e. The molecule has 0 heterocycles. The molecule has 0 aliphatic rings. The van der Waals surface area contributed by atoms with Gasteiger partial charge >= 0.3 is 0 Å². The Labute approximate surface area is 106 Å². The van der Waals surface area contributed by atoms with Crippen LogP contribution in [0.25, 0.3) is 0 Å². The van der Waals surface area contributed by atoms with Gasteiger partial charge in [0.05, 0.1) is 11.6 Å². The van der Waals surface area contributed by atoms with E-state index >= 15 is 0 Å². The van der Waals surface area contributed by atoms with Crippen molar-refractivity contribution in [2.45, 2.75) is 13.8 Å². The fourth-order valence-corrected chi connectivity index (χ4v) is 1.69. The second kappa shape index (κ2) is 4.80. The Morgan fingerprint density at radius 1 is 1.17 bits per heavy atom. The van der Waals surface area contributed by atoms with Crippen LogP contribution in [0.4, 0.5) is 5.69 Å². The number of ether oxygens (including phenoxy) is 1. The average Bonchev–Trinajstić information content (AvgIpc) is 2.35. The highest BCUT2D eigenvalue weighted by Crippen LogP contribution is 2.29. The zero-order valence-corrected chi connectivity index (χ0v) is 10.4. The summed E-state index contributed by atoms with van der Waals surface area (Å²) in [6, 6.07) is 13.1. The van der Waals surface area contributed by atoms with Gasteiger partial charge in [-0.15, -0.1) is 0 Å². The standard InChI is InChI=1S/C15H14N2O/c1-10-8-13(7-6-12(10)9-16)18-15-5-3-4-14(17)11(15)2/h3-8H,17H2,1-2H3. The topological polar surface area (TPSA) is 59.0 Å². The van der Waals surface area contributed by atoms with Gasteiger partial charge in [-0.3, -0.25) is 0 Å². The molecule has 0 radical (unpaired) electrons. The Kier molecular flexibility index (Phi) is 3.20. The Hall–Kier alpha value is -2.47. The zero-order valence-electron chi connectivity index (χ0n) is 10.4. The first-order valence-corrected chi connectivity index (χ1v) is 5.65. The molecule has 0 spiro atoms. The largest absolute Gasteiger partial charge is 0.457 e. The fraction of sp³-hybridized carbons (Fsp3) is 0.133. The summed E-state index contributed by atoms with van der Waals surface area (Å²) in [5.74, 6) is 1.44. The second-order valence-electron chi connectivity index (χ2n) is 4.16. The number of nitrogen functional groups attached to an aromatic ring is 1. The lowest BCUT2D eigenvalue weighted by Crippen LogP contribution is -1.94. The highest BCUT2D eigenvalue weighted by atomic mass is 16.5. The number of nitrogens with two attached hydrogens (primary N) is 1. The molecular formula is C15H14N2O. The van der Waals surface area contributed by atoms with Crippen molar-refractivity contribution in [3.05, 3.63) is 53.1 Å². The molecule has 2 N–H and O–H groups in total. The first kappa shape index (κ1) is 12.0. The summed E-state index contributed by atoms with van der Waals surface area (Å²) in [6.45, 7) is 3.80. The molecular weight excluding hydrogens is 224 g/mol. The van der Waals surface area contributed by atoms with Crippen molar-refractivity contribution in [1.82, 2.24) is 0 Å². The first-order chi connectivity index (χ1) is 8.61. The lowest BCUT2D eigenvalue weighted by atomic mass is 10.1. The molecule has 2 aromatic carbocycles. The molecule has 2 aromatic rings. The van der Waals surface area contributed by atoms with E-state index in [-0.39, 0.29) is 0 Å². The van der Waals surface area contributed by atoms with Gasteiger partial charge in [0.15, 0.2) is 0 Å². The zero-order chi connectivity index (χ0) is 13.1. The predicted molar refractivity (Wildman–Crippen MR) is 71.6 cm³/mol. The number of anilines is 1. The minimum atomic E-state index is 0.659. The Morgan fingerprint density at radius 2 is 1.94 bits per heavy atom. The number of hydrogen-bond donors (Lipinski definition) is 1. The normalized spacial score (nSPS) is 9.83. The Morgan fingerprint density at radius 3 is 2.61 bits per heavy atom. The molecule has 0 unspecified atom stereocenters. The van der Waals surface area contributed by atoms with Crippen LogP contribution in [0, 0.1) is 25.2 Å². The molecule has 0 atom stereocenters. The van der Waals surface area contributed by atoms with Gasteiger partial charge in [0.1, 0.15) is 11.5 Å². The van der Waals surface area contributed by atoms with Crippen molar-refractivity contribution in [3.8, 4) is 17.6 Å². The third-order valence-electron chi connectivity index (χ3n) is 2.87. The van der Waals surface area contributed by atoms with E-state index in [1.807, 2.05) is 38.1 Å². The van der Waals surface area contributed by atoms with Crippen LogP contribution in [-0.4, -0.2) is 0 Å². The van der Waals surface area contributed by atoms with E-state index in [0.29, 0.717) is 17.0 Å². The van der Waals surface area contributed by atoms with Crippen molar-refractivity contribution >= 4 is 5.69 Å². The molecule has 0 aromatic heterocycles. The van der Waals surface area contributed by atoms with Crippen LogP contribution in [0.2, 0.25) is 0 Å². The minimum Gasteiger partial charge on any atom is -0.457 e. The summed E-state index contributed by atoms with van der Waals surface area (Å²) >= 11 is 0. The van der Waals surface area contributed by atoms with Crippen LogP contribution < -0.4 is 10.5 Å². The molecule has 0 bridgehead atoms. The number of hydrogen-bond acceptors (Lipinski definition) is 3. The highest BCUT2D eigenvalue weighted by molar-refractivity contribution is 5.54. The number of aryl methyl sites for hydroxylation is 1. The van der Waals surface area contributed by atoms with Crippen molar-refractivity contribution in [2.24, 2.45) is 0 Å². The van der Waals surface area contributed by atoms with E-state index in [1.54, 1.807) is 12.1 Å². The van der Waals surface area contributed by atoms with Crippen LogP contribution in [0.15, 0.2) is 36.4 Å². The molecule has 0 fully saturated rings. The third kappa shape index (κ3) is 2.28. The maximum absolute atomic E-state index is 8.87. The van der Waals surface area contributed by atoms with E-state index < -0.39 is 0 Å². The van der Waals surface area contributed by atoms with Gasteiger partial charge < -0.3 is 10.5 Å². The van der Waals surface area contributed by atoms with Crippen molar-refractivity contribution in [2.75, 3.05) is 5.73 Å². The fourth-order valence-electron chi connectivity index (χ4n) is 1.69. The molecule has 0 aliphatic heterocycles. The number of nitriles is 1. The summed E-state index contributed by atoms with van der Waals surface area (Å²) < 4.78 is 5.78. The van der Waals surface area contributed by atoms with Crippen molar-refractivity contribution < 1.29 is 4.74 Å². The van der Waals surface area contributed by atoms with Gasteiger partial charge in [0.25, 0.3) is 0 Å². The summed E-state index contributed by atoms with van der Waals surface area (Å²) in [5.41, 5.74) is 9.01. The van der Waals surface area contributed by atoms with Gasteiger partial charge in [0, 0.05) is 11.3 Å². The maximum atomic E-state index is 8.87. The van der Waals surface area contributed by atoms with Crippen LogP contribution in [0.1, 0.15) is 16.7 Å². The lowest BCUT2D eigenvalue weighted by molar-refractivity contribution is 0.479. The summed E-state index contributed by atoms with van der Waals surface area (Å²) in [5, 5.41) is 8.87.